The molecule has 1 aliphatic carbocycles. The monoisotopic (exact) mass is 341 g/mol. The molecule has 1 aromatic heterocycles. The van der Waals surface area contributed by atoms with E-state index < -0.39 is 0 Å². The molecule has 0 fully saturated rings. The second-order valence-corrected chi connectivity index (χ2v) is 6.00. The minimum atomic E-state index is 0. The number of aromatic nitrogens is 2. The van der Waals surface area contributed by atoms with E-state index in [9.17, 15) is 0 Å². The number of fused-ring (bicyclic) bond motifs is 1. The van der Waals surface area contributed by atoms with Gasteiger partial charge in [0.2, 0.25) is 11.7 Å². The molecular formula is C19H20ClN3O. The Kier molecular flexibility index (Phi) is 4.97. The molecule has 2 N–H and O–H groups in total. The number of benzene rings is 2. The van der Waals surface area contributed by atoms with E-state index in [1.165, 1.54) is 11.1 Å². The van der Waals surface area contributed by atoms with Gasteiger partial charge in [-0.25, -0.2) is 0 Å². The van der Waals surface area contributed by atoms with Crippen LogP contribution in [0.5, 0.6) is 0 Å². The van der Waals surface area contributed by atoms with Gasteiger partial charge in [0.05, 0.1) is 5.92 Å². The predicted octanol–water partition coefficient (Wildman–Crippen LogP) is 4.09. The third-order valence-electron chi connectivity index (χ3n) is 4.56. The lowest BCUT2D eigenvalue weighted by atomic mass is 9.83. The van der Waals surface area contributed by atoms with E-state index in [1.807, 2.05) is 24.3 Å². The maximum atomic E-state index is 5.64. The van der Waals surface area contributed by atoms with E-state index in [-0.39, 0.29) is 18.3 Å². The molecule has 4 rings (SSSR count). The molecule has 1 aliphatic rings. The van der Waals surface area contributed by atoms with Crippen LogP contribution < -0.4 is 5.73 Å². The maximum Gasteiger partial charge on any atom is 0.234 e. The first kappa shape index (κ1) is 16.7. The second-order valence-electron chi connectivity index (χ2n) is 6.00. The van der Waals surface area contributed by atoms with Crippen molar-refractivity contribution in [3.63, 3.8) is 0 Å². The normalized spacial score (nSPS) is 16.3. The first-order valence-electron chi connectivity index (χ1n) is 8.06. The minimum Gasteiger partial charge on any atom is -0.338 e. The van der Waals surface area contributed by atoms with Crippen molar-refractivity contribution in [2.24, 2.45) is 5.73 Å². The molecule has 0 radical (unpaired) electrons. The van der Waals surface area contributed by atoms with Crippen LogP contribution in [0.2, 0.25) is 0 Å². The lowest BCUT2D eigenvalue weighted by Gasteiger charge is -2.22. The van der Waals surface area contributed by atoms with E-state index >= 15 is 0 Å². The molecular weight excluding hydrogens is 322 g/mol. The van der Waals surface area contributed by atoms with Crippen molar-refractivity contribution in [1.82, 2.24) is 10.1 Å². The van der Waals surface area contributed by atoms with Crippen LogP contribution in [0.15, 0.2) is 53.1 Å². The van der Waals surface area contributed by atoms with Gasteiger partial charge in [0, 0.05) is 12.1 Å². The summed E-state index contributed by atoms with van der Waals surface area (Å²) in [6, 6.07) is 16.5. The zero-order chi connectivity index (χ0) is 15.6. The lowest BCUT2D eigenvalue weighted by Crippen LogP contribution is -2.11. The highest BCUT2D eigenvalue weighted by molar-refractivity contribution is 5.85. The average molecular weight is 342 g/mol. The number of hydrogen-bond acceptors (Lipinski definition) is 4. The standard InChI is InChI=1S/C19H19N3O.ClH/c20-12-13-8-10-15(11-9-13)18-21-19(23-22-18)17-7-3-5-14-4-1-2-6-16(14)17;/h1-2,4,6,8-11,17H,3,5,7,12,20H2;1H. The molecule has 0 bridgehead atoms. The summed E-state index contributed by atoms with van der Waals surface area (Å²) in [5.74, 6) is 1.58. The number of nitrogens with zero attached hydrogens (tertiary/aromatic N) is 2. The zero-order valence-electron chi connectivity index (χ0n) is 13.3. The fourth-order valence-electron chi connectivity index (χ4n) is 3.29. The maximum absolute atomic E-state index is 5.64. The Balaban J connectivity index is 0.00000169. The molecule has 1 atom stereocenters. The van der Waals surface area contributed by atoms with E-state index in [2.05, 4.69) is 34.4 Å². The van der Waals surface area contributed by atoms with Crippen LogP contribution in [-0.2, 0) is 13.0 Å². The van der Waals surface area contributed by atoms with Crippen LogP contribution in [0.4, 0.5) is 0 Å². The van der Waals surface area contributed by atoms with Crippen molar-refractivity contribution >= 4 is 12.4 Å². The van der Waals surface area contributed by atoms with Crippen molar-refractivity contribution in [1.29, 1.82) is 0 Å². The average Bonchev–Trinajstić information content (AvgIpc) is 3.11. The summed E-state index contributed by atoms with van der Waals surface area (Å²) in [6.45, 7) is 0.538. The number of rotatable bonds is 3. The van der Waals surface area contributed by atoms with Gasteiger partial charge in [0.25, 0.3) is 0 Å². The summed E-state index contributed by atoms with van der Waals surface area (Å²) in [5, 5.41) is 4.17. The molecule has 0 saturated heterocycles. The smallest absolute Gasteiger partial charge is 0.234 e. The van der Waals surface area contributed by atoms with E-state index in [0.717, 1.165) is 36.3 Å². The molecule has 1 heterocycles. The van der Waals surface area contributed by atoms with Crippen molar-refractivity contribution < 1.29 is 4.52 Å². The van der Waals surface area contributed by atoms with Crippen LogP contribution in [0, 0.1) is 0 Å². The van der Waals surface area contributed by atoms with Gasteiger partial charge in [-0.15, -0.1) is 12.4 Å². The SMILES string of the molecule is Cl.NCc1ccc(-c2noc(C3CCCc4ccccc43)n2)cc1. The highest BCUT2D eigenvalue weighted by atomic mass is 35.5. The molecule has 3 aromatic rings. The highest BCUT2D eigenvalue weighted by Gasteiger charge is 2.26. The van der Waals surface area contributed by atoms with Gasteiger partial charge in [-0.2, -0.15) is 4.98 Å². The molecule has 0 amide bonds. The fraction of sp³-hybridized carbons (Fsp3) is 0.263. The van der Waals surface area contributed by atoms with Crippen LogP contribution >= 0.6 is 12.4 Å². The van der Waals surface area contributed by atoms with Crippen molar-refractivity contribution in [2.75, 3.05) is 0 Å². The quantitative estimate of drug-likeness (QED) is 0.779. The first-order valence-corrected chi connectivity index (χ1v) is 8.06. The molecule has 0 aliphatic heterocycles. The molecule has 2 aromatic carbocycles. The third kappa shape index (κ3) is 3.07. The topological polar surface area (TPSA) is 64.9 Å². The van der Waals surface area contributed by atoms with Gasteiger partial charge in [0.1, 0.15) is 0 Å². The first-order chi connectivity index (χ1) is 11.3. The molecule has 0 spiro atoms. The zero-order valence-corrected chi connectivity index (χ0v) is 14.1. The van der Waals surface area contributed by atoms with Gasteiger partial charge in [0.15, 0.2) is 0 Å². The Hall–Kier alpha value is -2.17. The number of aryl methyl sites for hydroxylation is 1. The van der Waals surface area contributed by atoms with Crippen molar-refractivity contribution in [3.8, 4) is 11.4 Å². The molecule has 124 valence electrons. The summed E-state index contributed by atoms with van der Waals surface area (Å²) in [5.41, 5.74) is 10.4. The Morgan fingerprint density at radius 3 is 2.67 bits per heavy atom. The highest BCUT2D eigenvalue weighted by Crippen LogP contribution is 2.36. The Morgan fingerprint density at radius 1 is 1.08 bits per heavy atom. The predicted molar refractivity (Wildman–Crippen MR) is 96.1 cm³/mol. The van der Waals surface area contributed by atoms with E-state index in [0.29, 0.717) is 12.4 Å². The summed E-state index contributed by atoms with van der Waals surface area (Å²) in [4.78, 5) is 4.65. The molecule has 4 nitrogen and oxygen atoms in total. The van der Waals surface area contributed by atoms with Gasteiger partial charge in [-0.05, 0) is 36.0 Å². The molecule has 5 heteroatoms. The Morgan fingerprint density at radius 2 is 1.88 bits per heavy atom. The van der Waals surface area contributed by atoms with Gasteiger partial charge in [-0.1, -0.05) is 53.7 Å². The summed E-state index contributed by atoms with van der Waals surface area (Å²) in [7, 11) is 0. The van der Waals surface area contributed by atoms with Crippen LogP contribution in [-0.4, -0.2) is 10.1 Å². The Labute approximate surface area is 147 Å². The van der Waals surface area contributed by atoms with Gasteiger partial charge >= 0.3 is 0 Å². The van der Waals surface area contributed by atoms with Crippen molar-refractivity contribution in [3.05, 3.63) is 71.1 Å². The Bertz CT molecular complexity index is 813. The van der Waals surface area contributed by atoms with Crippen molar-refractivity contribution in [2.45, 2.75) is 31.7 Å². The van der Waals surface area contributed by atoms with Crippen LogP contribution in [0.1, 0.15) is 41.3 Å². The van der Waals surface area contributed by atoms with Gasteiger partial charge in [-0.3, -0.25) is 0 Å². The second kappa shape index (κ2) is 7.16. The van der Waals surface area contributed by atoms with E-state index in [1.54, 1.807) is 0 Å². The van der Waals surface area contributed by atoms with Gasteiger partial charge < -0.3 is 10.3 Å². The van der Waals surface area contributed by atoms with Crippen LogP contribution in [0.25, 0.3) is 11.4 Å². The number of hydrogen-bond donors (Lipinski definition) is 1. The molecule has 0 saturated carbocycles. The summed E-state index contributed by atoms with van der Waals surface area (Å²) in [6.07, 6.45) is 3.35. The third-order valence-corrected chi connectivity index (χ3v) is 4.56. The largest absolute Gasteiger partial charge is 0.338 e. The molecule has 24 heavy (non-hydrogen) atoms. The molecule has 1 unspecified atom stereocenters. The lowest BCUT2D eigenvalue weighted by molar-refractivity contribution is 0.354. The summed E-state index contributed by atoms with van der Waals surface area (Å²) < 4.78 is 5.59. The van der Waals surface area contributed by atoms with Crippen LogP contribution in [0.3, 0.4) is 0 Å². The summed E-state index contributed by atoms with van der Waals surface area (Å²) >= 11 is 0. The van der Waals surface area contributed by atoms with E-state index in [4.69, 9.17) is 10.3 Å². The number of halogens is 1. The fourth-order valence-corrected chi connectivity index (χ4v) is 3.29. The number of nitrogens with two attached hydrogens (primary N) is 1. The minimum absolute atomic E-state index is 0.